The van der Waals surface area contributed by atoms with Crippen LogP contribution in [0.3, 0.4) is 0 Å². The lowest BCUT2D eigenvalue weighted by Crippen LogP contribution is -2.40. The van der Waals surface area contributed by atoms with Crippen LogP contribution >= 0.6 is 22.9 Å². The van der Waals surface area contributed by atoms with Gasteiger partial charge in [0.05, 0.1) is 45.1 Å². The maximum absolute atomic E-state index is 13.9. The Morgan fingerprint density at radius 1 is 1.17 bits per heavy atom. The first-order chi connectivity index (χ1) is 20.1. The van der Waals surface area contributed by atoms with E-state index in [9.17, 15) is 19.5 Å². The summed E-state index contributed by atoms with van der Waals surface area (Å²) in [6.45, 7) is 7.65. The number of furan rings is 1. The van der Waals surface area contributed by atoms with Crippen molar-refractivity contribution in [2.45, 2.75) is 39.8 Å². The van der Waals surface area contributed by atoms with E-state index in [2.05, 4.69) is 4.99 Å². The second-order valence-electron chi connectivity index (χ2n) is 9.74. The lowest BCUT2D eigenvalue weighted by molar-refractivity contribution is -0.143. The topological polar surface area (TPSA) is 120 Å². The van der Waals surface area contributed by atoms with Crippen molar-refractivity contribution >= 4 is 41.0 Å². The number of aromatic carboxylic acids is 1. The molecule has 42 heavy (non-hydrogen) atoms. The molecule has 11 heteroatoms. The molecule has 0 spiro atoms. The van der Waals surface area contributed by atoms with Crippen LogP contribution in [0, 0.1) is 0 Å². The number of hydrogen-bond acceptors (Lipinski definition) is 8. The quantitative estimate of drug-likeness (QED) is 0.274. The SMILES string of the molecule is CCOc1ccc([C@@H]2C(C(=O)OC(C)C)=C(C)N=c3s/c(=C/c4ccc(-c5ccc(Cl)c(C(=O)O)c5)o4)c(=O)n32)cc1. The molecule has 3 heterocycles. The van der Waals surface area contributed by atoms with E-state index in [1.807, 2.05) is 19.1 Å². The summed E-state index contributed by atoms with van der Waals surface area (Å²) in [7, 11) is 0. The van der Waals surface area contributed by atoms with Crippen molar-refractivity contribution in [1.29, 1.82) is 0 Å². The Hall–Kier alpha value is -4.41. The second kappa shape index (κ2) is 11.8. The summed E-state index contributed by atoms with van der Waals surface area (Å²) >= 11 is 7.17. The predicted molar refractivity (Wildman–Crippen MR) is 159 cm³/mol. The van der Waals surface area contributed by atoms with Gasteiger partial charge in [-0.2, -0.15) is 0 Å². The van der Waals surface area contributed by atoms with Crippen molar-refractivity contribution in [1.82, 2.24) is 4.57 Å². The van der Waals surface area contributed by atoms with Crippen LogP contribution in [0.2, 0.25) is 5.02 Å². The molecule has 2 aromatic heterocycles. The zero-order valence-electron chi connectivity index (χ0n) is 23.2. The van der Waals surface area contributed by atoms with E-state index in [0.717, 1.165) is 0 Å². The fourth-order valence-electron chi connectivity index (χ4n) is 4.65. The molecule has 0 unspecified atom stereocenters. The number of carboxylic acid groups (broad SMARTS) is 1. The molecule has 0 aliphatic carbocycles. The highest BCUT2D eigenvalue weighted by molar-refractivity contribution is 7.07. The maximum Gasteiger partial charge on any atom is 0.338 e. The van der Waals surface area contributed by atoms with E-state index >= 15 is 0 Å². The Morgan fingerprint density at radius 2 is 1.90 bits per heavy atom. The van der Waals surface area contributed by atoms with Crippen molar-refractivity contribution in [3.05, 3.63) is 107 Å². The molecule has 1 aliphatic rings. The summed E-state index contributed by atoms with van der Waals surface area (Å²) in [6, 6.07) is 14.4. The fraction of sp³-hybridized carbons (Fsp3) is 0.226. The molecular weight excluding hydrogens is 580 g/mol. The van der Waals surface area contributed by atoms with Gasteiger partial charge < -0.3 is 19.0 Å². The second-order valence-corrected chi connectivity index (χ2v) is 11.2. The maximum atomic E-state index is 13.9. The van der Waals surface area contributed by atoms with E-state index in [1.165, 1.54) is 28.0 Å². The molecule has 0 radical (unpaired) electrons. The van der Waals surface area contributed by atoms with Gasteiger partial charge in [0.1, 0.15) is 17.3 Å². The van der Waals surface area contributed by atoms with Crippen molar-refractivity contribution in [2.75, 3.05) is 6.61 Å². The lowest BCUT2D eigenvalue weighted by atomic mass is 9.96. The molecule has 5 rings (SSSR count). The Kier molecular flexibility index (Phi) is 8.20. The van der Waals surface area contributed by atoms with Gasteiger partial charge in [0, 0.05) is 11.6 Å². The highest BCUT2D eigenvalue weighted by atomic mass is 35.5. The summed E-state index contributed by atoms with van der Waals surface area (Å²) in [4.78, 5) is 43.7. The van der Waals surface area contributed by atoms with Gasteiger partial charge in [-0.25, -0.2) is 14.6 Å². The Balaban J connectivity index is 1.60. The minimum Gasteiger partial charge on any atom is -0.494 e. The molecule has 2 aromatic carbocycles. The Morgan fingerprint density at radius 3 is 2.57 bits per heavy atom. The molecule has 0 fully saturated rings. The summed E-state index contributed by atoms with van der Waals surface area (Å²) in [5, 5.41) is 9.52. The number of carboxylic acids is 1. The molecule has 0 bridgehead atoms. The van der Waals surface area contributed by atoms with Crippen LogP contribution in [0.15, 0.2) is 80.1 Å². The van der Waals surface area contributed by atoms with Crippen molar-refractivity contribution in [3.63, 3.8) is 0 Å². The molecule has 4 aromatic rings. The van der Waals surface area contributed by atoms with Crippen LogP contribution in [-0.2, 0) is 9.53 Å². The molecule has 1 N–H and O–H groups in total. The van der Waals surface area contributed by atoms with Crippen LogP contribution < -0.4 is 19.6 Å². The first-order valence-electron chi connectivity index (χ1n) is 13.2. The van der Waals surface area contributed by atoms with Gasteiger partial charge in [-0.1, -0.05) is 35.1 Å². The summed E-state index contributed by atoms with van der Waals surface area (Å²) in [5.41, 5.74) is 1.58. The number of ether oxygens (including phenoxy) is 2. The number of benzene rings is 2. The van der Waals surface area contributed by atoms with Crippen LogP contribution in [0.4, 0.5) is 0 Å². The molecule has 0 saturated heterocycles. The summed E-state index contributed by atoms with van der Waals surface area (Å²) in [5.74, 6) is -0.224. The smallest absolute Gasteiger partial charge is 0.338 e. The number of thiazole rings is 1. The molecule has 1 atom stereocenters. The highest BCUT2D eigenvalue weighted by Crippen LogP contribution is 2.32. The number of fused-ring (bicyclic) bond motifs is 1. The third kappa shape index (κ3) is 5.68. The standard InChI is InChI=1S/C31H27ClN2O7S/c1-5-39-20-9-6-18(7-10-20)27-26(30(38)40-16(2)3)17(4)33-31-34(27)28(35)25(42-31)15-21-11-13-24(41-21)19-8-12-23(32)22(14-19)29(36)37/h6-16,27H,5H2,1-4H3,(H,36,37)/b25-15+/t27-/m1/s1. The van der Waals surface area contributed by atoms with Gasteiger partial charge in [-0.05, 0) is 75.7 Å². The molecule has 1 aliphatic heterocycles. The Labute approximate surface area is 249 Å². The van der Waals surface area contributed by atoms with E-state index in [4.69, 9.17) is 25.5 Å². The number of nitrogens with zero attached hydrogens (tertiary/aromatic N) is 2. The van der Waals surface area contributed by atoms with Crippen LogP contribution in [0.25, 0.3) is 17.4 Å². The Bertz CT molecular complexity index is 1900. The normalized spacial score (nSPS) is 15.0. The number of hydrogen-bond donors (Lipinski definition) is 1. The van der Waals surface area contributed by atoms with E-state index < -0.39 is 18.0 Å². The summed E-state index contributed by atoms with van der Waals surface area (Å²) < 4.78 is 18.9. The van der Waals surface area contributed by atoms with E-state index in [-0.39, 0.29) is 27.8 Å². The number of rotatable bonds is 8. The van der Waals surface area contributed by atoms with Crippen molar-refractivity contribution < 1.29 is 28.6 Å². The van der Waals surface area contributed by atoms with Crippen LogP contribution in [0.1, 0.15) is 55.4 Å². The summed E-state index contributed by atoms with van der Waals surface area (Å²) in [6.07, 6.45) is 1.24. The van der Waals surface area contributed by atoms with E-state index in [1.54, 1.807) is 57.2 Å². The highest BCUT2D eigenvalue weighted by Gasteiger charge is 2.34. The van der Waals surface area contributed by atoms with E-state index in [0.29, 0.717) is 50.0 Å². The molecule has 216 valence electrons. The fourth-order valence-corrected chi connectivity index (χ4v) is 5.87. The minimum atomic E-state index is -1.15. The molecule has 9 nitrogen and oxygen atoms in total. The van der Waals surface area contributed by atoms with Crippen LogP contribution in [0.5, 0.6) is 5.75 Å². The van der Waals surface area contributed by atoms with Gasteiger partial charge in [0.2, 0.25) is 0 Å². The number of carbonyl (C=O) groups is 2. The third-order valence-corrected chi connectivity index (χ3v) is 7.79. The number of aromatic nitrogens is 1. The van der Waals surface area contributed by atoms with Crippen molar-refractivity contribution in [3.8, 4) is 17.1 Å². The average Bonchev–Trinajstić information content (AvgIpc) is 3.52. The number of carbonyl (C=O) groups excluding carboxylic acids is 1. The van der Waals surface area contributed by atoms with Gasteiger partial charge in [-0.3, -0.25) is 9.36 Å². The van der Waals surface area contributed by atoms with Gasteiger partial charge in [0.15, 0.2) is 4.80 Å². The monoisotopic (exact) mass is 606 g/mol. The van der Waals surface area contributed by atoms with Gasteiger partial charge in [-0.15, -0.1) is 0 Å². The molecular formula is C31H27ClN2O7S. The molecule has 0 saturated carbocycles. The van der Waals surface area contributed by atoms with Gasteiger partial charge in [0.25, 0.3) is 5.56 Å². The lowest BCUT2D eigenvalue weighted by Gasteiger charge is -2.25. The number of esters is 1. The molecule has 0 amide bonds. The first-order valence-corrected chi connectivity index (χ1v) is 14.4. The first kappa shape index (κ1) is 29.1. The zero-order chi connectivity index (χ0) is 30.1. The van der Waals surface area contributed by atoms with Crippen LogP contribution in [-0.4, -0.2) is 34.3 Å². The average molecular weight is 607 g/mol. The van der Waals surface area contributed by atoms with Gasteiger partial charge >= 0.3 is 11.9 Å². The number of halogens is 1. The number of allylic oxidation sites excluding steroid dienone is 1. The van der Waals surface area contributed by atoms with Crippen molar-refractivity contribution in [2.24, 2.45) is 4.99 Å². The largest absolute Gasteiger partial charge is 0.494 e. The zero-order valence-corrected chi connectivity index (χ0v) is 24.8. The predicted octanol–water partition coefficient (Wildman–Crippen LogP) is 5.20. The minimum absolute atomic E-state index is 0.0446. The third-order valence-electron chi connectivity index (χ3n) is 6.47.